The minimum atomic E-state index is 0.670. The van der Waals surface area contributed by atoms with Crippen LogP contribution in [0, 0.1) is 13.8 Å². The summed E-state index contributed by atoms with van der Waals surface area (Å²) in [5.41, 5.74) is 4.22. The fraction of sp³-hybridized carbons (Fsp3) is 0.0952. The van der Waals surface area contributed by atoms with Crippen molar-refractivity contribution in [2.24, 2.45) is 0 Å². The summed E-state index contributed by atoms with van der Waals surface area (Å²) >= 11 is 6.30. The van der Waals surface area contributed by atoms with Gasteiger partial charge in [-0.3, -0.25) is 0 Å². The van der Waals surface area contributed by atoms with Gasteiger partial charge in [0.05, 0.1) is 22.4 Å². The summed E-state index contributed by atoms with van der Waals surface area (Å²) in [5, 5.41) is 6.15. The number of fused-ring (bicyclic) bond motifs is 1. The molecule has 0 amide bonds. The molecular formula is C21H17ClN2O. The Labute approximate surface area is 151 Å². The zero-order valence-corrected chi connectivity index (χ0v) is 14.8. The van der Waals surface area contributed by atoms with Crippen LogP contribution in [0.3, 0.4) is 0 Å². The van der Waals surface area contributed by atoms with Gasteiger partial charge in [0.2, 0.25) is 0 Å². The molecule has 0 aliphatic rings. The van der Waals surface area contributed by atoms with Gasteiger partial charge in [-0.1, -0.05) is 29.8 Å². The van der Waals surface area contributed by atoms with Gasteiger partial charge in [0.15, 0.2) is 0 Å². The number of benzene rings is 3. The Morgan fingerprint density at radius 2 is 1.64 bits per heavy atom. The molecule has 4 heteroatoms. The molecule has 0 aliphatic heterocycles. The highest BCUT2D eigenvalue weighted by Gasteiger charge is 2.09. The van der Waals surface area contributed by atoms with Crippen LogP contribution in [0.1, 0.15) is 11.1 Å². The topological polar surface area (TPSA) is 27.1 Å². The molecule has 0 bridgehead atoms. The molecule has 0 unspecified atom stereocenters. The van der Waals surface area contributed by atoms with Crippen LogP contribution in [-0.2, 0) is 0 Å². The Kier molecular flexibility index (Phi) is 3.94. The lowest BCUT2D eigenvalue weighted by atomic mass is 10.1. The molecule has 4 aromatic rings. The Hall–Kier alpha value is -2.78. The number of aryl methyl sites for hydroxylation is 2. The van der Waals surface area contributed by atoms with E-state index in [-0.39, 0.29) is 0 Å². The normalized spacial score (nSPS) is 11.0. The third-order valence-corrected chi connectivity index (χ3v) is 4.37. The van der Waals surface area contributed by atoms with E-state index in [9.17, 15) is 0 Å². The highest BCUT2D eigenvalue weighted by molar-refractivity contribution is 6.32. The zero-order chi connectivity index (χ0) is 17.4. The molecule has 0 radical (unpaired) electrons. The average Bonchev–Trinajstić information content (AvgIpc) is 2.97. The second-order valence-corrected chi connectivity index (χ2v) is 6.56. The van der Waals surface area contributed by atoms with Gasteiger partial charge in [-0.2, -0.15) is 5.10 Å². The molecule has 25 heavy (non-hydrogen) atoms. The van der Waals surface area contributed by atoms with Crippen molar-refractivity contribution in [3.63, 3.8) is 0 Å². The third kappa shape index (κ3) is 3.11. The van der Waals surface area contributed by atoms with Gasteiger partial charge in [-0.15, -0.1) is 0 Å². The summed E-state index contributed by atoms with van der Waals surface area (Å²) < 4.78 is 7.87. The van der Waals surface area contributed by atoms with Gasteiger partial charge in [-0.25, -0.2) is 4.68 Å². The van der Waals surface area contributed by atoms with E-state index >= 15 is 0 Å². The van der Waals surface area contributed by atoms with Crippen molar-refractivity contribution in [2.45, 2.75) is 13.8 Å². The van der Waals surface area contributed by atoms with Gasteiger partial charge in [0.1, 0.15) is 11.5 Å². The van der Waals surface area contributed by atoms with Gasteiger partial charge in [-0.05, 0) is 67.4 Å². The quantitative estimate of drug-likeness (QED) is 0.448. The second kappa shape index (κ2) is 6.26. The van der Waals surface area contributed by atoms with Crippen molar-refractivity contribution in [3.8, 4) is 17.2 Å². The highest BCUT2D eigenvalue weighted by Crippen LogP contribution is 2.29. The van der Waals surface area contributed by atoms with Crippen LogP contribution in [0.2, 0.25) is 5.02 Å². The maximum Gasteiger partial charge on any atom is 0.128 e. The smallest absolute Gasteiger partial charge is 0.128 e. The summed E-state index contributed by atoms with van der Waals surface area (Å²) in [6.07, 6.45) is 1.83. The summed E-state index contributed by atoms with van der Waals surface area (Å²) in [6.45, 7) is 4.13. The first-order valence-corrected chi connectivity index (χ1v) is 8.47. The maximum absolute atomic E-state index is 6.30. The number of nitrogens with zero attached hydrogens (tertiary/aromatic N) is 2. The molecule has 0 fully saturated rings. The fourth-order valence-electron chi connectivity index (χ4n) is 3.02. The minimum Gasteiger partial charge on any atom is -0.457 e. The van der Waals surface area contributed by atoms with Crippen LogP contribution in [-0.4, -0.2) is 9.78 Å². The van der Waals surface area contributed by atoms with E-state index in [0.717, 1.165) is 28.1 Å². The summed E-state index contributed by atoms with van der Waals surface area (Å²) in [5.74, 6) is 1.63. The van der Waals surface area contributed by atoms with Crippen LogP contribution in [0.25, 0.3) is 16.6 Å². The Morgan fingerprint density at radius 1 is 0.880 bits per heavy atom. The predicted molar refractivity (Wildman–Crippen MR) is 102 cm³/mol. The fourth-order valence-corrected chi connectivity index (χ4v) is 3.23. The summed E-state index contributed by atoms with van der Waals surface area (Å²) in [7, 11) is 0. The molecule has 0 atom stereocenters. The zero-order valence-electron chi connectivity index (χ0n) is 14.0. The summed E-state index contributed by atoms with van der Waals surface area (Å²) in [6, 6.07) is 19.8. The van der Waals surface area contributed by atoms with E-state index in [2.05, 4.69) is 25.0 Å². The van der Waals surface area contributed by atoms with Crippen LogP contribution < -0.4 is 4.74 Å². The highest BCUT2D eigenvalue weighted by atomic mass is 35.5. The lowest BCUT2D eigenvalue weighted by Crippen LogP contribution is -1.96. The number of aromatic nitrogens is 2. The molecule has 3 aromatic carbocycles. The second-order valence-electron chi connectivity index (χ2n) is 6.15. The first-order chi connectivity index (χ1) is 12.1. The average molecular weight is 349 g/mol. The van der Waals surface area contributed by atoms with E-state index in [4.69, 9.17) is 16.3 Å². The van der Waals surface area contributed by atoms with Gasteiger partial charge in [0, 0.05) is 5.39 Å². The Morgan fingerprint density at radius 3 is 2.40 bits per heavy atom. The Bertz CT molecular complexity index is 1050. The van der Waals surface area contributed by atoms with Gasteiger partial charge < -0.3 is 4.74 Å². The standard InChI is InChI=1S/C21H17ClN2O/c1-14-9-15(2)11-18(10-14)25-17-7-8-20-16(12-17)13-23-24(20)21-6-4-3-5-19(21)22/h3-13H,1-2H3. The van der Waals surface area contributed by atoms with Crippen LogP contribution in [0.15, 0.2) is 66.9 Å². The third-order valence-electron chi connectivity index (χ3n) is 4.05. The van der Waals surface area contributed by atoms with E-state index in [1.165, 1.54) is 11.1 Å². The molecule has 0 spiro atoms. The van der Waals surface area contributed by atoms with E-state index in [1.54, 1.807) is 0 Å². The molecule has 1 aromatic heterocycles. The maximum atomic E-state index is 6.30. The largest absolute Gasteiger partial charge is 0.457 e. The number of ether oxygens (including phenoxy) is 1. The number of halogens is 1. The predicted octanol–water partition coefficient (Wildman–Crippen LogP) is 6.09. The molecule has 0 aliphatic carbocycles. The number of hydrogen-bond acceptors (Lipinski definition) is 2. The van der Waals surface area contributed by atoms with Gasteiger partial charge >= 0.3 is 0 Å². The van der Waals surface area contributed by atoms with Crippen LogP contribution in [0.5, 0.6) is 11.5 Å². The molecule has 3 nitrogen and oxygen atoms in total. The molecule has 4 rings (SSSR count). The van der Waals surface area contributed by atoms with Crippen molar-refractivity contribution >= 4 is 22.5 Å². The molecule has 0 saturated carbocycles. The molecule has 1 heterocycles. The Balaban J connectivity index is 1.71. The van der Waals surface area contributed by atoms with Crippen molar-refractivity contribution in [2.75, 3.05) is 0 Å². The van der Waals surface area contributed by atoms with E-state index in [1.807, 2.05) is 65.5 Å². The van der Waals surface area contributed by atoms with Gasteiger partial charge in [0.25, 0.3) is 0 Å². The lowest BCUT2D eigenvalue weighted by molar-refractivity contribution is 0.482. The molecule has 0 N–H and O–H groups in total. The first-order valence-electron chi connectivity index (χ1n) is 8.09. The van der Waals surface area contributed by atoms with Crippen molar-refractivity contribution in [1.29, 1.82) is 0 Å². The minimum absolute atomic E-state index is 0.670. The SMILES string of the molecule is Cc1cc(C)cc(Oc2ccc3c(cnn3-c3ccccc3Cl)c2)c1. The van der Waals surface area contributed by atoms with Crippen molar-refractivity contribution in [1.82, 2.24) is 9.78 Å². The van der Waals surface area contributed by atoms with Crippen LogP contribution in [0.4, 0.5) is 0 Å². The van der Waals surface area contributed by atoms with E-state index < -0.39 is 0 Å². The number of para-hydroxylation sites is 1. The number of hydrogen-bond donors (Lipinski definition) is 0. The lowest BCUT2D eigenvalue weighted by Gasteiger charge is -2.09. The number of rotatable bonds is 3. The molecule has 124 valence electrons. The van der Waals surface area contributed by atoms with Crippen molar-refractivity contribution < 1.29 is 4.74 Å². The van der Waals surface area contributed by atoms with Crippen molar-refractivity contribution in [3.05, 3.63) is 83.0 Å². The summed E-state index contributed by atoms with van der Waals surface area (Å²) in [4.78, 5) is 0. The van der Waals surface area contributed by atoms with Crippen LogP contribution >= 0.6 is 11.6 Å². The van der Waals surface area contributed by atoms with E-state index in [0.29, 0.717) is 5.02 Å². The molecule has 0 saturated heterocycles. The first kappa shape index (κ1) is 15.7. The molecular weight excluding hydrogens is 332 g/mol. The monoisotopic (exact) mass is 348 g/mol.